The molecule has 0 aliphatic carbocycles. The normalized spacial score (nSPS) is 18.1. The quantitative estimate of drug-likeness (QED) is 0.792. The van der Waals surface area contributed by atoms with Crippen molar-refractivity contribution in [2.24, 2.45) is 11.7 Å². The van der Waals surface area contributed by atoms with Crippen LogP contribution in [0.3, 0.4) is 0 Å². The Morgan fingerprint density at radius 2 is 1.61 bits per heavy atom. The fraction of sp³-hybridized carbons (Fsp3) is 0.846. The van der Waals surface area contributed by atoms with E-state index < -0.39 is 0 Å². The van der Waals surface area contributed by atoms with Gasteiger partial charge in [0.05, 0.1) is 0 Å². The van der Waals surface area contributed by atoms with Crippen molar-refractivity contribution in [3.63, 3.8) is 0 Å². The average Bonchev–Trinajstić information content (AvgIpc) is 2.37. The van der Waals surface area contributed by atoms with Crippen molar-refractivity contribution < 1.29 is 9.59 Å². The van der Waals surface area contributed by atoms with Crippen LogP contribution in [0.25, 0.3) is 0 Å². The standard InChI is InChI=1S/C13H25N3O2/c1-4-11(14)9-12(17)15-5-7-16(8-6-15)13(18)10(2)3/h10-11H,4-9,14H2,1-3H3. The van der Waals surface area contributed by atoms with E-state index in [-0.39, 0.29) is 23.8 Å². The largest absolute Gasteiger partial charge is 0.339 e. The maximum absolute atomic E-state index is 11.9. The van der Waals surface area contributed by atoms with Gasteiger partial charge in [0.25, 0.3) is 0 Å². The summed E-state index contributed by atoms with van der Waals surface area (Å²) in [6.45, 7) is 8.34. The number of rotatable bonds is 4. The molecule has 1 heterocycles. The Hall–Kier alpha value is -1.10. The summed E-state index contributed by atoms with van der Waals surface area (Å²) in [4.78, 5) is 27.4. The molecule has 0 spiro atoms. The highest BCUT2D eigenvalue weighted by molar-refractivity contribution is 5.79. The number of piperazine rings is 1. The van der Waals surface area contributed by atoms with Crippen LogP contribution in [0.1, 0.15) is 33.6 Å². The Balaban J connectivity index is 2.39. The molecule has 104 valence electrons. The van der Waals surface area contributed by atoms with Crippen LogP contribution >= 0.6 is 0 Å². The van der Waals surface area contributed by atoms with Crippen molar-refractivity contribution in [3.05, 3.63) is 0 Å². The fourth-order valence-corrected chi connectivity index (χ4v) is 2.04. The highest BCUT2D eigenvalue weighted by Gasteiger charge is 2.25. The van der Waals surface area contributed by atoms with E-state index in [0.717, 1.165) is 6.42 Å². The van der Waals surface area contributed by atoms with Crippen LogP contribution in [-0.4, -0.2) is 53.8 Å². The second-order valence-electron chi connectivity index (χ2n) is 5.23. The van der Waals surface area contributed by atoms with Gasteiger partial charge in [-0.05, 0) is 6.42 Å². The SMILES string of the molecule is CCC(N)CC(=O)N1CCN(C(=O)C(C)C)CC1. The molecule has 0 aromatic carbocycles. The number of carbonyl (C=O) groups is 2. The molecule has 5 nitrogen and oxygen atoms in total. The molecule has 5 heteroatoms. The first kappa shape index (κ1) is 15.0. The first-order chi connectivity index (χ1) is 8.45. The lowest BCUT2D eigenvalue weighted by molar-refractivity contribution is -0.141. The second kappa shape index (κ2) is 6.73. The van der Waals surface area contributed by atoms with Gasteiger partial charge in [-0.3, -0.25) is 9.59 Å². The minimum atomic E-state index is -0.0483. The number of amides is 2. The predicted octanol–water partition coefficient (Wildman–Crippen LogP) is 0.441. The summed E-state index contributed by atoms with van der Waals surface area (Å²) in [5, 5.41) is 0. The minimum absolute atomic E-state index is 0.0285. The van der Waals surface area contributed by atoms with Gasteiger partial charge in [0, 0.05) is 44.6 Å². The van der Waals surface area contributed by atoms with Crippen molar-refractivity contribution in [1.82, 2.24) is 9.80 Å². The van der Waals surface area contributed by atoms with E-state index in [4.69, 9.17) is 5.73 Å². The van der Waals surface area contributed by atoms with Crippen molar-refractivity contribution in [2.45, 2.75) is 39.7 Å². The topological polar surface area (TPSA) is 66.6 Å². The summed E-state index contributed by atoms with van der Waals surface area (Å²) in [6.07, 6.45) is 1.23. The first-order valence-electron chi connectivity index (χ1n) is 6.77. The smallest absolute Gasteiger partial charge is 0.225 e. The lowest BCUT2D eigenvalue weighted by Gasteiger charge is -2.36. The Bertz CT molecular complexity index is 297. The first-order valence-corrected chi connectivity index (χ1v) is 6.77. The summed E-state index contributed by atoms with van der Waals surface area (Å²) in [5.74, 6) is 0.314. The van der Waals surface area contributed by atoms with E-state index >= 15 is 0 Å². The summed E-state index contributed by atoms with van der Waals surface area (Å²) in [7, 11) is 0. The zero-order valence-corrected chi connectivity index (χ0v) is 11.7. The maximum Gasteiger partial charge on any atom is 0.225 e. The van der Waals surface area contributed by atoms with Gasteiger partial charge in [0.15, 0.2) is 0 Å². The fourth-order valence-electron chi connectivity index (χ4n) is 2.04. The van der Waals surface area contributed by atoms with Crippen molar-refractivity contribution >= 4 is 11.8 Å². The van der Waals surface area contributed by atoms with Crippen LogP contribution in [0.5, 0.6) is 0 Å². The van der Waals surface area contributed by atoms with Gasteiger partial charge in [-0.1, -0.05) is 20.8 Å². The molecule has 0 radical (unpaired) electrons. The van der Waals surface area contributed by atoms with Crippen LogP contribution in [-0.2, 0) is 9.59 Å². The summed E-state index contributed by atoms with van der Waals surface area (Å²) >= 11 is 0. The third-order valence-electron chi connectivity index (χ3n) is 3.40. The molecule has 1 aliphatic rings. The number of nitrogens with two attached hydrogens (primary N) is 1. The van der Waals surface area contributed by atoms with Crippen LogP contribution in [0.2, 0.25) is 0 Å². The molecular weight excluding hydrogens is 230 g/mol. The molecule has 1 saturated heterocycles. The van der Waals surface area contributed by atoms with Gasteiger partial charge in [-0.2, -0.15) is 0 Å². The lowest BCUT2D eigenvalue weighted by atomic mass is 10.1. The van der Waals surface area contributed by atoms with Gasteiger partial charge in [-0.25, -0.2) is 0 Å². The Kier molecular flexibility index (Phi) is 5.59. The molecule has 18 heavy (non-hydrogen) atoms. The second-order valence-corrected chi connectivity index (χ2v) is 5.23. The van der Waals surface area contributed by atoms with E-state index in [1.165, 1.54) is 0 Å². The van der Waals surface area contributed by atoms with E-state index in [1.807, 2.05) is 30.6 Å². The highest BCUT2D eigenvalue weighted by atomic mass is 16.2. The molecule has 1 aliphatic heterocycles. The lowest BCUT2D eigenvalue weighted by Crippen LogP contribution is -2.52. The number of hydrogen-bond acceptors (Lipinski definition) is 3. The van der Waals surface area contributed by atoms with Gasteiger partial charge in [0.1, 0.15) is 0 Å². The van der Waals surface area contributed by atoms with Crippen LogP contribution in [0.15, 0.2) is 0 Å². The predicted molar refractivity (Wildman–Crippen MR) is 70.9 cm³/mol. The van der Waals surface area contributed by atoms with Crippen LogP contribution in [0, 0.1) is 5.92 Å². The Morgan fingerprint density at radius 3 is 2.06 bits per heavy atom. The molecule has 0 aromatic rings. The zero-order chi connectivity index (χ0) is 13.7. The van der Waals surface area contributed by atoms with Gasteiger partial charge >= 0.3 is 0 Å². The number of nitrogens with zero attached hydrogens (tertiary/aromatic N) is 2. The van der Waals surface area contributed by atoms with E-state index in [9.17, 15) is 9.59 Å². The monoisotopic (exact) mass is 255 g/mol. The maximum atomic E-state index is 11.9. The molecule has 0 aromatic heterocycles. The van der Waals surface area contributed by atoms with E-state index in [2.05, 4.69) is 0 Å². The summed E-state index contributed by atoms with van der Waals surface area (Å²) < 4.78 is 0. The zero-order valence-electron chi connectivity index (χ0n) is 11.7. The molecule has 2 N–H and O–H groups in total. The van der Waals surface area contributed by atoms with Crippen LogP contribution < -0.4 is 5.73 Å². The molecule has 1 unspecified atom stereocenters. The van der Waals surface area contributed by atoms with E-state index in [0.29, 0.717) is 32.6 Å². The van der Waals surface area contributed by atoms with Crippen molar-refractivity contribution in [3.8, 4) is 0 Å². The van der Waals surface area contributed by atoms with Gasteiger partial charge in [-0.15, -0.1) is 0 Å². The number of hydrogen-bond donors (Lipinski definition) is 1. The molecule has 2 amide bonds. The van der Waals surface area contributed by atoms with Crippen molar-refractivity contribution in [1.29, 1.82) is 0 Å². The molecule has 0 saturated carbocycles. The third-order valence-corrected chi connectivity index (χ3v) is 3.40. The highest BCUT2D eigenvalue weighted by Crippen LogP contribution is 2.09. The third kappa shape index (κ3) is 3.98. The summed E-state index contributed by atoms with van der Waals surface area (Å²) in [5.41, 5.74) is 5.78. The summed E-state index contributed by atoms with van der Waals surface area (Å²) in [6, 6.07) is -0.0483. The molecule has 1 atom stereocenters. The van der Waals surface area contributed by atoms with Gasteiger partial charge < -0.3 is 15.5 Å². The average molecular weight is 255 g/mol. The molecule has 1 fully saturated rings. The van der Waals surface area contributed by atoms with Crippen LogP contribution in [0.4, 0.5) is 0 Å². The van der Waals surface area contributed by atoms with E-state index in [1.54, 1.807) is 0 Å². The van der Waals surface area contributed by atoms with Crippen molar-refractivity contribution in [2.75, 3.05) is 26.2 Å². The molecular formula is C13H25N3O2. The molecule has 1 rings (SSSR count). The molecule has 0 bridgehead atoms. The number of carbonyl (C=O) groups excluding carboxylic acids is 2. The Morgan fingerprint density at radius 1 is 1.11 bits per heavy atom. The van der Waals surface area contributed by atoms with Gasteiger partial charge in [0.2, 0.25) is 11.8 Å². The minimum Gasteiger partial charge on any atom is -0.339 e. The Labute approximate surface area is 109 Å².